The number of rotatable bonds is 5. The fourth-order valence-electron chi connectivity index (χ4n) is 1.28. The summed E-state index contributed by atoms with van der Waals surface area (Å²) in [4.78, 5) is 4.01. The number of nitrogens with zero attached hydrogens (tertiary/aromatic N) is 2. The quantitative estimate of drug-likeness (QED) is 0.823. The van der Waals surface area contributed by atoms with E-state index < -0.39 is 0 Å². The molecule has 0 bridgehead atoms. The molecule has 1 N–H and O–H groups in total. The smallest absolute Gasteiger partial charge is 0.144 e. The number of pyridine rings is 1. The first-order chi connectivity index (χ1) is 7.27. The molecule has 0 fully saturated rings. The predicted molar refractivity (Wildman–Crippen MR) is 63.6 cm³/mol. The molecule has 80 valence electrons. The number of thioether (sulfide) groups is 1. The van der Waals surface area contributed by atoms with Crippen molar-refractivity contribution in [1.82, 2.24) is 10.3 Å². The minimum atomic E-state index is 0.451. The predicted octanol–water partition coefficient (Wildman–Crippen LogP) is 1.79. The van der Waals surface area contributed by atoms with Gasteiger partial charge in [-0.1, -0.05) is 6.07 Å². The lowest BCUT2D eigenvalue weighted by molar-refractivity contribution is 0.594. The Bertz CT molecular complexity index is 346. The van der Waals surface area contributed by atoms with Crippen molar-refractivity contribution in [3.8, 4) is 6.07 Å². The molecule has 3 nitrogen and oxygen atoms in total. The monoisotopic (exact) mass is 221 g/mol. The molecule has 0 aliphatic heterocycles. The highest BCUT2D eigenvalue weighted by atomic mass is 32.2. The van der Waals surface area contributed by atoms with Crippen LogP contribution in [-0.2, 0) is 6.54 Å². The van der Waals surface area contributed by atoms with E-state index >= 15 is 0 Å². The van der Waals surface area contributed by atoms with Gasteiger partial charge in [0, 0.05) is 30.1 Å². The Hall–Kier alpha value is -1.05. The second-order valence-electron chi connectivity index (χ2n) is 3.36. The van der Waals surface area contributed by atoms with E-state index in [-0.39, 0.29) is 0 Å². The molecule has 0 radical (unpaired) electrons. The van der Waals surface area contributed by atoms with Gasteiger partial charge in [-0.3, -0.25) is 0 Å². The average Bonchev–Trinajstić information content (AvgIpc) is 2.27. The summed E-state index contributed by atoms with van der Waals surface area (Å²) in [5.41, 5.74) is 1.48. The molecule has 0 amide bonds. The van der Waals surface area contributed by atoms with Gasteiger partial charge in [-0.2, -0.15) is 17.0 Å². The van der Waals surface area contributed by atoms with E-state index in [1.165, 1.54) is 0 Å². The van der Waals surface area contributed by atoms with Crippen LogP contribution in [0, 0.1) is 11.3 Å². The van der Waals surface area contributed by atoms with Crippen LogP contribution >= 0.6 is 11.8 Å². The van der Waals surface area contributed by atoms with Gasteiger partial charge in [0.2, 0.25) is 0 Å². The normalized spacial score (nSPS) is 12.1. The molecule has 0 aromatic carbocycles. The Morgan fingerprint density at radius 1 is 1.67 bits per heavy atom. The topological polar surface area (TPSA) is 48.7 Å². The molecule has 1 unspecified atom stereocenters. The van der Waals surface area contributed by atoms with Crippen LogP contribution in [0.4, 0.5) is 0 Å². The van der Waals surface area contributed by atoms with Gasteiger partial charge in [-0.25, -0.2) is 4.98 Å². The molecule has 1 rings (SSSR count). The molecule has 0 aliphatic carbocycles. The zero-order valence-electron chi connectivity index (χ0n) is 9.03. The van der Waals surface area contributed by atoms with Crippen molar-refractivity contribution in [1.29, 1.82) is 5.26 Å². The lowest BCUT2D eigenvalue weighted by Gasteiger charge is -2.12. The summed E-state index contributed by atoms with van der Waals surface area (Å²) in [6.45, 7) is 2.84. The third kappa shape index (κ3) is 3.90. The van der Waals surface area contributed by atoms with E-state index in [1.54, 1.807) is 6.20 Å². The summed E-state index contributed by atoms with van der Waals surface area (Å²) in [5, 5.41) is 12.2. The third-order valence-corrected chi connectivity index (χ3v) is 2.89. The first kappa shape index (κ1) is 12.0. The van der Waals surface area contributed by atoms with Crippen LogP contribution < -0.4 is 5.32 Å². The Kier molecular flexibility index (Phi) is 5.16. The van der Waals surface area contributed by atoms with Gasteiger partial charge in [0.15, 0.2) is 0 Å². The van der Waals surface area contributed by atoms with Crippen molar-refractivity contribution in [3.05, 3.63) is 29.6 Å². The summed E-state index contributed by atoms with van der Waals surface area (Å²) in [6.07, 6.45) is 3.73. The summed E-state index contributed by atoms with van der Waals surface area (Å²) >= 11 is 1.81. The van der Waals surface area contributed by atoms with E-state index in [9.17, 15) is 0 Å². The van der Waals surface area contributed by atoms with Gasteiger partial charge in [0.25, 0.3) is 0 Å². The van der Waals surface area contributed by atoms with Crippen molar-refractivity contribution < 1.29 is 0 Å². The average molecular weight is 221 g/mol. The SMILES string of the molecule is CSCC(C)NCc1cccnc1C#N. The number of nitrogens with one attached hydrogen (secondary N) is 1. The molecule has 1 heterocycles. The minimum absolute atomic E-state index is 0.451. The first-order valence-electron chi connectivity index (χ1n) is 4.84. The minimum Gasteiger partial charge on any atom is -0.309 e. The van der Waals surface area contributed by atoms with E-state index in [1.807, 2.05) is 23.9 Å². The number of hydrogen-bond donors (Lipinski definition) is 1. The Morgan fingerprint density at radius 3 is 3.13 bits per heavy atom. The van der Waals surface area contributed by atoms with Gasteiger partial charge in [0.05, 0.1) is 0 Å². The van der Waals surface area contributed by atoms with Crippen LogP contribution in [-0.4, -0.2) is 23.0 Å². The van der Waals surface area contributed by atoms with E-state index in [0.717, 1.165) is 11.3 Å². The zero-order chi connectivity index (χ0) is 11.1. The molecular weight excluding hydrogens is 206 g/mol. The van der Waals surface area contributed by atoms with Gasteiger partial charge in [0.1, 0.15) is 11.8 Å². The van der Waals surface area contributed by atoms with Gasteiger partial charge in [-0.15, -0.1) is 0 Å². The summed E-state index contributed by atoms with van der Waals surface area (Å²) in [6, 6.07) is 6.34. The van der Waals surface area contributed by atoms with Gasteiger partial charge >= 0.3 is 0 Å². The van der Waals surface area contributed by atoms with Crippen LogP contribution in [0.2, 0.25) is 0 Å². The third-order valence-electron chi connectivity index (χ3n) is 2.05. The number of aromatic nitrogens is 1. The summed E-state index contributed by atoms with van der Waals surface area (Å²) in [5.74, 6) is 1.07. The zero-order valence-corrected chi connectivity index (χ0v) is 9.84. The van der Waals surface area contributed by atoms with Crippen LogP contribution in [0.25, 0.3) is 0 Å². The lowest BCUT2D eigenvalue weighted by Crippen LogP contribution is -2.27. The van der Waals surface area contributed by atoms with Crippen molar-refractivity contribution in [2.45, 2.75) is 19.5 Å². The van der Waals surface area contributed by atoms with Gasteiger partial charge in [-0.05, 0) is 19.2 Å². The fourth-order valence-corrected chi connectivity index (χ4v) is 1.89. The molecular formula is C11H15N3S. The maximum Gasteiger partial charge on any atom is 0.144 e. The molecule has 0 spiro atoms. The highest BCUT2D eigenvalue weighted by molar-refractivity contribution is 7.98. The van der Waals surface area contributed by atoms with Crippen LogP contribution in [0.3, 0.4) is 0 Å². The van der Waals surface area contributed by atoms with Crippen molar-refractivity contribution in [2.75, 3.05) is 12.0 Å². The molecule has 0 aliphatic rings. The van der Waals surface area contributed by atoms with E-state index in [2.05, 4.69) is 29.5 Å². The molecule has 1 aromatic rings. The van der Waals surface area contributed by atoms with Crippen LogP contribution in [0.15, 0.2) is 18.3 Å². The molecule has 4 heteroatoms. The number of hydrogen-bond acceptors (Lipinski definition) is 4. The Labute approximate surface area is 94.9 Å². The molecule has 0 saturated carbocycles. The highest BCUT2D eigenvalue weighted by Crippen LogP contribution is 2.04. The summed E-state index contributed by atoms with van der Waals surface area (Å²) < 4.78 is 0. The van der Waals surface area contributed by atoms with Crippen molar-refractivity contribution in [2.24, 2.45) is 0 Å². The molecule has 0 saturated heterocycles. The number of nitriles is 1. The lowest BCUT2D eigenvalue weighted by atomic mass is 10.2. The van der Waals surface area contributed by atoms with Crippen molar-refractivity contribution in [3.63, 3.8) is 0 Å². The van der Waals surface area contributed by atoms with Gasteiger partial charge < -0.3 is 5.32 Å². The van der Waals surface area contributed by atoms with Crippen LogP contribution in [0.1, 0.15) is 18.2 Å². The van der Waals surface area contributed by atoms with Crippen LogP contribution in [0.5, 0.6) is 0 Å². The largest absolute Gasteiger partial charge is 0.309 e. The summed E-state index contributed by atoms with van der Waals surface area (Å²) in [7, 11) is 0. The van der Waals surface area contributed by atoms with E-state index in [4.69, 9.17) is 5.26 Å². The first-order valence-corrected chi connectivity index (χ1v) is 6.23. The maximum absolute atomic E-state index is 8.84. The molecule has 1 atom stereocenters. The maximum atomic E-state index is 8.84. The standard InChI is InChI=1S/C11H15N3S/c1-9(8-15-2)14-7-10-4-3-5-13-11(10)6-12/h3-5,9,14H,7-8H2,1-2H3. The second-order valence-corrected chi connectivity index (χ2v) is 4.27. The Balaban J connectivity index is 2.54. The Morgan fingerprint density at radius 2 is 2.47 bits per heavy atom. The highest BCUT2D eigenvalue weighted by Gasteiger charge is 2.04. The van der Waals surface area contributed by atoms with E-state index in [0.29, 0.717) is 18.3 Å². The molecule has 15 heavy (non-hydrogen) atoms. The van der Waals surface area contributed by atoms with Crippen molar-refractivity contribution >= 4 is 11.8 Å². The fraction of sp³-hybridized carbons (Fsp3) is 0.455. The second kappa shape index (κ2) is 6.44. The molecule has 1 aromatic heterocycles.